The van der Waals surface area contributed by atoms with Crippen LogP contribution < -0.4 is 14.8 Å². The van der Waals surface area contributed by atoms with Gasteiger partial charge in [-0.2, -0.15) is 0 Å². The number of aromatic amines is 1. The Morgan fingerprint density at radius 1 is 1.03 bits per heavy atom. The molecule has 1 fully saturated rings. The Labute approximate surface area is 175 Å². The average molecular weight is 407 g/mol. The molecule has 3 aliphatic rings. The fourth-order valence-corrected chi connectivity index (χ4v) is 5.38. The van der Waals surface area contributed by atoms with Crippen LogP contribution >= 0.6 is 0 Å². The molecule has 30 heavy (non-hydrogen) atoms. The zero-order valence-corrected chi connectivity index (χ0v) is 17.0. The summed E-state index contributed by atoms with van der Waals surface area (Å²) in [6, 6.07) is 11.4. The molecule has 0 saturated carbocycles. The molecule has 2 aromatic carbocycles. The maximum absolute atomic E-state index is 13.7. The number of aromatic nitrogens is 1. The van der Waals surface area contributed by atoms with E-state index in [1.165, 1.54) is 22.2 Å². The zero-order chi connectivity index (χ0) is 20.1. The standard InChI is InChI=1S/C24H26FN3O2/c25-17-2-3-18-19-5-9-26-24(23(19)27-20(18)14-17)7-11-28(12-8-24)10-6-16-1-4-21-22(13-16)30-15-29-21/h1-4,13-14,26-27H,5-12,15H2. The number of piperidine rings is 1. The number of rotatable bonds is 3. The van der Waals surface area contributed by atoms with Crippen LogP contribution in [-0.2, 0) is 18.4 Å². The van der Waals surface area contributed by atoms with E-state index in [0.717, 1.165) is 68.9 Å². The monoisotopic (exact) mass is 407 g/mol. The van der Waals surface area contributed by atoms with E-state index in [-0.39, 0.29) is 11.4 Å². The zero-order valence-electron chi connectivity index (χ0n) is 17.0. The van der Waals surface area contributed by atoms with E-state index in [0.29, 0.717) is 6.79 Å². The van der Waals surface area contributed by atoms with Gasteiger partial charge in [0, 0.05) is 42.8 Å². The lowest BCUT2D eigenvalue weighted by atomic mass is 9.79. The number of fused-ring (bicyclic) bond motifs is 5. The van der Waals surface area contributed by atoms with Gasteiger partial charge in [-0.3, -0.25) is 0 Å². The van der Waals surface area contributed by atoms with Crippen LogP contribution in [0.1, 0.15) is 29.7 Å². The van der Waals surface area contributed by atoms with Crippen molar-refractivity contribution >= 4 is 10.9 Å². The van der Waals surface area contributed by atoms with Gasteiger partial charge in [0.25, 0.3) is 0 Å². The van der Waals surface area contributed by atoms with Crippen molar-refractivity contribution in [1.29, 1.82) is 0 Å². The van der Waals surface area contributed by atoms with Gasteiger partial charge in [0.2, 0.25) is 6.79 Å². The molecule has 0 amide bonds. The van der Waals surface area contributed by atoms with E-state index >= 15 is 0 Å². The molecule has 6 heteroatoms. The molecule has 3 aromatic rings. The third kappa shape index (κ3) is 2.97. The number of H-pyrrole nitrogens is 1. The van der Waals surface area contributed by atoms with Crippen molar-refractivity contribution in [1.82, 2.24) is 15.2 Å². The van der Waals surface area contributed by atoms with Gasteiger partial charge >= 0.3 is 0 Å². The van der Waals surface area contributed by atoms with Crippen LogP contribution in [0.3, 0.4) is 0 Å². The third-order valence-electron chi connectivity index (χ3n) is 7.05. The first-order valence-electron chi connectivity index (χ1n) is 10.9. The molecule has 0 unspecified atom stereocenters. The maximum atomic E-state index is 13.7. The highest BCUT2D eigenvalue weighted by atomic mass is 19.1. The Kier molecular flexibility index (Phi) is 4.25. The topological polar surface area (TPSA) is 49.5 Å². The lowest BCUT2D eigenvalue weighted by molar-refractivity contribution is 0.127. The van der Waals surface area contributed by atoms with Crippen molar-refractivity contribution in [3.63, 3.8) is 0 Å². The summed E-state index contributed by atoms with van der Waals surface area (Å²) >= 11 is 0. The molecule has 1 aromatic heterocycles. The Balaban J connectivity index is 1.16. The van der Waals surface area contributed by atoms with Crippen LogP contribution in [0.2, 0.25) is 0 Å². The minimum Gasteiger partial charge on any atom is -0.454 e. The Hall–Kier alpha value is -2.57. The normalized spacial score (nSPS) is 20.0. The number of hydrogen-bond donors (Lipinski definition) is 2. The second-order valence-electron chi connectivity index (χ2n) is 8.71. The number of halogens is 1. The minimum atomic E-state index is -0.179. The SMILES string of the molecule is Fc1ccc2c3c([nH]c2c1)C1(CCN(CCc2ccc4c(c2)OCO4)CC1)NCC3. The largest absolute Gasteiger partial charge is 0.454 e. The lowest BCUT2D eigenvalue weighted by Gasteiger charge is -2.45. The summed E-state index contributed by atoms with van der Waals surface area (Å²) < 4.78 is 24.6. The van der Waals surface area contributed by atoms with Gasteiger partial charge in [-0.1, -0.05) is 6.07 Å². The van der Waals surface area contributed by atoms with Crippen molar-refractivity contribution in [2.75, 3.05) is 33.0 Å². The molecule has 3 aliphatic heterocycles. The summed E-state index contributed by atoms with van der Waals surface area (Å²) in [4.78, 5) is 6.12. The maximum Gasteiger partial charge on any atom is 0.231 e. The molecule has 6 rings (SSSR count). The number of nitrogens with zero attached hydrogens (tertiary/aromatic N) is 1. The highest BCUT2D eigenvalue weighted by molar-refractivity contribution is 5.85. The molecule has 0 bridgehead atoms. The van der Waals surface area contributed by atoms with Crippen LogP contribution in [0.5, 0.6) is 11.5 Å². The molecule has 4 heterocycles. The van der Waals surface area contributed by atoms with Gasteiger partial charge in [-0.25, -0.2) is 4.39 Å². The second-order valence-corrected chi connectivity index (χ2v) is 8.71. The van der Waals surface area contributed by atoms with E-state index in [4.69, 9.17) is 9.47 Å². The van der Waals surface area contributed by atoms with Gasteiger partial charge in [0.1, 0.15) is 5.82 Å². The van der Waals surface area contributed by atoms with Gasteiger partial charge in [-0.15, -0.1) is 0 Å². The minimum absolute atomic E-state index is 0.0155. The van der Waals surface area contributed by atoms with Crippen LogP contribution in [0.4, 0.5) is 4.39 Å². The van der Waals surface area contributed by atoms with E-state index in [1.807, 2.05) is 12.1 Å². The Bertz CT molecular complexity index is 1100. The van der Waals surface area contributed by atoms with E-state index in [1.54, 1.807) is 12.1 Å². The summed E-state index contributed by atoms with van der Waals surface area (Å²) in [6.07, 6.45) is 4.14. The predicted octanol–water partition coefficient (Wildman–Crippen LogP) is 3.72. The summed E-state index contributed by atoms with van der Waals surface area (Å²) in [6.45, 7) is 4.46. The molecule has 2 N–H and O–H groups in total. The predicted molar refractivity (Wildman–Crippen MR) is 114 cm³/mol. The fraction of sp³-hybridized carbons (Fsp3) is 0.417. The van der Waals surface area contributed by atoms with Crippen molar-refractivity contribution in [3.05, 3.63) is 59.0 Å². The number of nitrogens with one attached hydrogen (secondary N) is 2. The molecule has 5 nitrogen and oxygen atoms in total. The smallest absolute Gasteiger partial charge is 0.231 e. The van der Waals surface area contributed by atoms with Gasteiger partial charge in [0.05, 0.1) is 5.54 Å². The fourth-order valence-electron chi connectivity index (χ4n) is 5.38. The highest BCUT2D eigenvalue weighted by Crippen LogP contribution is 2.40. The molecule has 1 saturated heterocycles. The molecular weight excluding hydrogens is 381 g/mol. The van der Waals surface area contributed by atoms with Crippen LogP contribution in [0.25, 0.3) is 10.9 Å². The first-order chi connectivity index (χ1) is 14.7. The van der Waals surface area contributed by atoms with Crippen molar-refractivity contribution in [3.8, 4) is 11.5 Å². The first-order valence-corrected chi connectivity index (χ1v) is 10.9. The molecule has 0 atom stereocenters. The molecule has 0 aliphatic carbocycles. The average Bonchev–Trinajstić information content (AvgIpc) is 3.38. The number of ether oxygens (including phenoxy) is 2. The Morgan fingerprint density at radius 2 is 1.90 bits per heavy atom. The summed E-state index contributed by atoms with van der Waals surface area (Å²) in [5.74, 6) is 1.52. The van der Waals surface area contributed by atoms with Crippen molar-refractivity contribution in [2.45, 2.75) is 31.2 Å². The molecule has 1 spiro atoms. The van der Waals surface area contributed by atoms with E-state index in [9.17, 15) is 4.39 Å². The Morgan fingerprint density at radius 3 is 2.80 bits per heavy atom. The third-order valence-corrected chi connectivity index (χ3v) is 7.05. The molecular formula is C24H26FN3O2. The summed E-state index contributed by atoms with van der Waals surface area (Å²) in [7, 11) is 0. The summed E-state index contributed by atoms with van der Waals surface area (Å²) in [5.41, 5.74) is 4.85. The van der Waals surface area contributed by atoms with Gasteiger partial charge in [-0.05, 0) is 67.1 Å². The number of benzene rings is 2. The first kappa shape index (κ1) is 18.2. The van der Waals surface area contributed by atoms with Gasteiger partial charge in [0.15, 0.2) is 11.5 Å². The van der Waals surface area contributed by atoms with E-state index in [2.05, 4.69) is 27.3 Å². The highest BCUT2D eigenvalue weighted by Gasteiger charge is 2.41. The quantitative estimate of drug-likeness (QED) is 0.695. The van der Waals surface area contributed by atoms with Crippen LogP contribution in [0, 0.1) is 5.82 Å². The van der Waals surface area contributed by atoms with Crippen LogP contribution in [-0.4, -0.2) is 42.9 Å². The van der Waals surface area contributed by atoms with Crippen molar-refractivity contribution < 1.29 is 13.9 Å². The second kappa shape index (κ2) is 7.00. The van der Waals surface area contributed by atoms with Gasteiger partial charge < -0.3 is 24.7 Å². The molecule has 156 valence electrons. The molecule has 0 radical (unpaired) electrons. The number of likely N-dealkylation sites (tertiary alicyclic amines) is 1. The summed E-state index contributed by atoms with van der Waals surface area (Å²) in [5, 5.41) is 4.98. The lowest BCUT2D eigenvalue weighted by Crippen LogP contribution is -2.54. The number of hydrogen-bond acceptors (Lipinski definition) is 4. The van der Waals surface area contributed by atoms with E-state index < -0.39 is 0 Å². The van der Waals surface area contributed by atoms with Crippen LogP contribution in [0.15, 0.2) is 36.4 Å². The van der Waals surface area contributed by atoms with Crippen molar-refractivity contribution in [2.24, 2.45) is 0 Å².